The zero-order valence-electron chi connectivity index (χ0n) is 9.96. The van der Waals surface area contributed by atoms with Gasteiger partial charge in [-0.3, -0.25) is 0 Å². The van der Waals surface area contributed by atoms with Crippen molar-refractivity contribution in [3.63, 3.8) is 0 Å². The summed E-state index contributed by atoms with van der Waals surface area (Å²) >= 11 is 3.10. The lowest BCUT2D eigenvalue weighted by molar-refractivity contribution is 0.282. The summed E-state index contributed by atoms with van der Waals surface area (Å²) in [5.74, 6) is 1.12. The van der Waals surface area contributed by atoms with Crippen LogP contribution in [0, 0.1) is 0 Å². The van der Waals surface area contributed by atoms with Crippen LogP contribution in [0.4, 0.5) is 0 Å². The van der Waals surface area contributed by atoms with E-state index in [-0.39, 0.29) is 11.5 Å². The predicted molar refractivity (Wildman–Crippen MR) is 75.5 cm³/mol. The number of hydrogen-bond donors (Lipinski definition) is 2. The normalized spacial score (nSPS) is 21.1. The van der Waals surface area contributed by atoms with Gasteiger partial charge in [-0.1, -0.05) is 6.42 Å². The maximum Gasteiger partial charge on any atom is 0.241 e. The van der Waals surface area contributed by atoms with Gasteiger partial charge in [-0.25, -0.2) is 13.1 Å². The van der Waals surface area contributed by atoms with E-state index in [1.54, 1.807) is 11.4 Å². The van der Waals surface area contributed by atoms with Gasteiger partial charge in [0.15, 0.2) is 0 Å². The highest BCUT2D eigenvalue weighted by atomic mass is 32.2. The molecule has 0 saturated carbocycles. The van der Waals surface area contributed by atoms with E-state index in [1.807, 2.05) is 11.8 Å². The third-order valence-electron chi connectivity index (χ3n) is 2.91. The molecular formula is C11H17NO3S3. The Bertz CT molecular complexity index is 477. The molecule has 0 spiro atoms. The number of nitrogens with one attached hydrogen (secondary N) is 1. The maximum atomic E-state index is 12.1. The highest BCUT2D eigenvalue weighted by Gasteiger charge is 2.22. The van der Waals surface area contributed by atoms with Gasteiger partial charge in [-0.05, 0) is 30.0 Å². The molecule has 4 nitrogen and oxygen atoms in total. The molecule has 0 aliphatic carbocycles. The molecule has 7 heteroatoms. The van der Waals surface area contributed by atoms with Gasteiger partial charge in [0.25, 0.3) is 0 Å². The Morgan fingerprint density at radius 3 is 2.94 bits per heavy atom. The van der Waals surface area contributed by atoms with Crippen LogP contribution < -0.4 is 4.72 Å². The number of thiophene rings is 1. The van der Waals surface area contributed by atoms with Crippen LogP contribution in [0.5, 0.6) is 0 Å². The van der Waals surface area contributed by atoms with Crippen LogP contribution >= 0.6 is 23.1 Å². The molecule has 102 valence electrons. The predicted octanol–water partition coefficient (Wildman–Crippen LogP) is 1.80. The molecule has 1 fully saturated rings. The van der Waals surface area contributed by atoms with Crippen molar-refractivity contribution in [3.05, 3.63) is 16.3 Å². The van der Waals surface area contributed by atoms with E-state index in [0.717, 1.165) is 12.2 Å². The molecule has 0 bridgehead atoms. The molecule has 2 rings (SSSR count). The standard InChI is InChI=1S/C11H17NO3S3/c13-8-10-11(4-6-17-10)18(14,15)12-7-9-3-1-2-5-16-9/h4,6,9,12-13H,1-3,5,7-8H2. The zero-order chi connectivity index (χ0) is 13.0. The van der Waals surface area contributed by atoms with Crippen LogP contribution in [-0.4, -0.2) is 31.1 Å². The Labute approximate surface area is 116 Å². The molecule has 1 aromatic heterocycles. The second kappa shape index (κ2) is 6.38. The summed E-state index contributed by atoms with van der Waals surface area (Å²) in [6, 6.07) is 1.55. The van der Waals surface area contributed by atoms with Gasteiger partial charge in [-0.15, -0.1) is 11.3 Å². The minimum atomic E-state index is -3.47. The van der Waals surface area contributed by atoms with Crippen molar-refractivity contribution in [2.24, 2.45) is 0 Å². The van der Waals surface area contributed by atoms with E-state index in [1.165, 1.54) is 24.2 Å². The first-order valence-electron chi connectivity index (χ1n) is 5.92. The quantitative estimate of drug-likeness (QED) is 0.870. The third kappa shape index (κ3) is 3.48. The molecular weight excluding hydrogens is 290 g/mol. The first-order valence-corrected chi connectivity index (χ1v) is 9.33. The van der Waals surface area contributed by atoms with Gasteiger partial charge in [-0.2, -0.15) is 11.8 Å². The van der Waals surface area contributed by atoms with E-state index in [4.69, 9.17) is 5.11 Å². The highest BCUT2D eigenvalue weighted by Crippen LogP contribution is 2.26. The summed E-state index contributed by atoms with van der Waals surface area (Å²) in [6.45, 7) is 0.250. The summed E-state index contributed by atoms with van der Waals surface area (Å²) in [4.78, 5) is 0.717. The fourth-order valence-electron chi connectivity index (χ4n) is 1.93. The molecule has 1 saturated heterocycles. The lowest BCUT2D eigenvalue weighted by Gasteiger charge is -2.21. The number of sulfonamides is 1. The van der Waals surface area contributed by atoms with E-state index >= 15 is 0 Å². The summed E-state index contributed by atoms with van der Waals surface area (Å²) in [7, 11) is -3.47. The number of aliphatic hydroxyl groups is 1. The lowest BCUT2D eigenvalue weighted by atomic mass is 10.2. The first kappa shape index (κ1) is 14.3. The van der Waals surface area contributed by atoms with Gasteiger partial charge >= 0.3 is 0 Å². The second-order valence-corrected chi connectivity index (χ2v) is 8.35. The van der Waals surface area contributed by atoms with Crippen molar-refractivity contribution < 1.29 is 13.5 Å². The molecule has 2 heterocycles. The summed E-state index contributed by atoms with van der Waals surface area (Å²) in [5.41, 5.74) is 0. The van der Waals surface area contributed by atoms with E-state index in [2.05, 4.69) is 4.72 Å². The third-order valence-corrected chi connectivity index (χ3v) is 6.85. The van der Waals surface area contributed by atoms with E-state index in [9.17, 15) is 8.42 Å². The lowest BCUT2D eigenvalue weighted by Crippen LogP contribution is -2.32. The second-order valence-electron chi connectivity index (χ2n) is 4.21. The largest absolute Gasteiger partial charge is 0.391 e. The van der Waals surface area contributed by atoms with Gasteiger partial charge in [0, 0.05) is 16.7 Å². The van der Waals surface area contributed by atoms with Crippen molar-refractivity contribution in [1.29, 1.82) is 0 Å². The van der Waals surface area contributed by atoms with Crippen molar-refractivity contribution in [2.75, 3.05) is 12.3 Å². The fraction of sp³-hybridized carbons (Fsp3) is 0.636. The molecule has 18 heavy (non-hydrogen) atoms. The molecule has 1 unspecified atom stereocenters. The molecule has 0 amide bonds. The molecule has 0 radical (unpaired) electrons. The van der Waals surface area contributed by atoms with Crippen molar-refractivity contribution in [2.45, 2.75) is 36.0 Å². The minimum absolute atomic E-state index is 0.218. The SMILES string of the molecule is O=S(=O)(NCC1CCCCS1)c1ccsc1CO. The van der Waals surface area contributed by atoms with Crippen LogP contribution in [0.15, 0.2) is 16.3 Å². The first-order chi connectivity index (χ1) is 8.63. The minimum Gasteiger partial charge on any atom is -0.391 e. The Morgan fingerprint density at radius 2 is 2.28 bits per heavy atom. The van der Waals surface area contributed by atoms with Gasteiger partial charge in [0.1, 0.15) is 0 Å². The van der Waals surface area contributed by atoms with Crippen LogP contribution in [-0.2, 0) is 16.6 Å². The highest BCUT2D eigenvalue weighted by molar-refractivity contribution is 8.00. The number of aliphatic hydroxyl groups excluding tert-OH is 1. The van der Waals surface area contributed by atoms with Crippen molar-refractivity contribution >= 4 is 33.1 Å². The molecule has 1 aliphatic rings. The van der Waals surface area contributed by atoms with Gasteiger partial charge < -0.3 is 5.11 Å². The average Bonchev–Trinajstić information content (AvgIpc) is 2.87. The van der Waals surface area contributed by atoms with Crippen LogP contribution in [0.1, 0.15) is 24.1 Å². The maximum absolute atomic E-state index is 12.1. The fourth-order valence-corrected chi connectivity index (χ4v) is 5.65. The van der Waals surface area contributed by atoms with Crippen molar-refractivity contribution in [1.82, 2.24) is 4.72 Å². The number of hydrogen-bond acceptors (Lipinski definition) is 5. The molecule has 2 N–H and O–H groups in total. The Balaban J connectivity index is 1.99. The molecule has 1 atom stereocenters. The van der Waals surface area contributed by atoms with Gasteiger partial charge in [0.2, 0.25) is 10.0 Å². The Kier molecular flexibility index (Phi) is 5.08. The summed E-state index contributed by atoms with van der Waals surface area (Å²) in [5, 5.41) is 11.2. The van der Waals surface area contributed by atoms with Gasteiger partial charge in [0.05, 0.1) is 11.5 Å². The van der Waals surface area contributed by atoms with E-state index < -0.39 is 10.0 Å². The average molecular weight is 307 g/mol. The molecule has 0 aromatic carbocycles. The molecule has 1 aliphatic heterocycles. The Hall–Kier alpha value is -0.0800. The zero-order valence-corrected chi connectivity index (χ0v) is 12.4. The summed E-state index contributed by atoms with van der Waals surface area (Å²) < 4.78 is 26.8. The molecule has 1 aromatic rings. The monoisotopic (exact) mass is 307 g/mol. The smallest absolute Gasteiger partial charge is 0.241 e. The Morgan fingerprint density at radius 1 is 1.44 bits per heavy atom. The summed E-state index contributed by atoms with van der Waals surface area (Å²) in [6.07, 6.45) is 3.48. The van der Waals surface area contributed by atoms with Crippen LogP contribution in [0.25, 0.3) is 0 Å². The van der Waals surface area contributed by atoms with Crippen molar-refractivity contribution in [3.8, 4) is 0 Å². The van der Waals surface area contributed by atoms with Crippen LogP contribution in [0.2, 0.25) is 0 Å². The number of rotatable bonds is 5. The number of thioether (sulfide) groups is 1. The van der Waals surface area contributed by atoms with E-state index in [0.29, 0.717) is 16.7 Å². The van der Waals surface area contributed by atoms with Crippen LogP contribution in [0.3, 0.4) is 0 Å². The topological polar surface area (TPSA) is 66.4 Å².